The van der Waals surface area contributed by atoms with E-state index in [2.05, 4.69) is 20.5 Å². The monoisotopic (exact) mass is 418 g/mol. The van der Waals surface area contributed by atoms with E-state index in [0.717, 1.165) is 12.1 Å². The van der Waals surface area contributed by atoms with Gasteiger partial charge in [0.15, 0.2) is 11.6 Å². The smallest absolute Gasteiger partial charge is 0.416 e. The quantitative estimate of drug-likeness (QED) is 0.449. The number of carbonyl (C=O) groups excluding carboxylic acids is 1. The molecule has 2 heterocycles. The number of hydrogen-bond acceptors (Lipinski definition) is 7. The number of aromatic nitrogens is 5. The number of allylic oxidation sites excluding steroid dienone is 1. The first-order valence-electron chi connectivity index (χ1n) is 8.60. The molecule has 11 heteroatoms. The zero-order valence-corrected chi connectivity index (χ0v) is 16.3. The maximum atomic E-state index is 13.1. The van der Waals surface area contributed by atoms with Crippen molar-refractivity contribution in [2.75, 3.05) is 21.2 Å². The van der Waals surface area contributed by atoms with E-state index in [4.69, 9.17) is 4.74 Å². The molecule has 0 bridgehead atoms. The number of ether oxygens (including phenoxy) is 1. The molecule has 0 amide bonds. The van der Waals surface area contributed by atoms with Crippen molar-refractivity contribution in [1.29, 1.82) is 0 Å². The van der Waals surface area contributed by atoms with E-state index < -0.39 is 17.5 Å². The van der Waals surface area contributed by atoms with Gasteiger partial charge in [0.1, 0.15) is 0 Å². The van der Waals surface area contributed by atoms with E-state index in [1.807, 2.05) is 0 Å². The van der Waals surface area contributed by atoms with Gasteiger partial charge >= 0.3 is 6.18 Å². The third kappa shape index (κ3) is 4.45. The molecule has 0 aliphatic heterocycles. The Morgan fingerprint density at radius 1 is 1.20 bits per heavy atom. The number of ketones is 1. The summed E-state index contributed by atoms with van der Waals surface area (Å²) in [7, 11) is 4.81. The van der Waals surface area contributed by atoms with Crippen LogP contribution in [0.4, 0.5) is 13.2 Å². The first kappa shape index (κ1) is 21.0. The number of nitrogens with zero attached hydrogens (tertiary/aromatic N) is 6. The molecule has 30 heavy (non-hydrogen) atoms. The fraction of sp³-hybridized carbons (Fsp3) is 0.211. The number of rotatable bonds is 6. The van der Waals surface area contributed by atoms with Gasteiger partial charge in [0.25, 0.3) is 0 Å². The minimum absolute atomic E-state index is 0.0140. The van der Waals surface area contributed by atoms with Crippen LogP contribution in [0, 0.1) is 0 Å². The van der Waals surface area contributed by atoms with E-state index in [-0.39, 0.29) is 17.0 Å². The summed E-state index contributed by atoms with van der Waals surface area (Å²) in [5.74, 6) is -0.233. The Balaban J connectivity index is 2.07. The minimum Gasteiger partial charge on any atom is -0.481 e. The topological polar surface area (TPSA) is 86.0 Å². The number of methoxy groups -OCH3 is 1. The SMILES string of the molecule is COc1ccc(-n2nnnc2C(=CN(C)C)C(=O)c2cccc(C(F)(F)F)c2)cn1. The summed E-state index contributed by atoms with van der Waals surface area (Å²) in [4.78, 5) is 18.8. The van der Waals surface area contributed by atoms with Crippen LogP contribution in [0.3, 0.4) is 0 Å². The number of hydrogen-bond donors (Lipinski definition) is 0. The lowest BCUT2D eigenvalue weighted by Crippen LogP contribution is -2.14. The van der Waals surface area contributed by atoms with Gasteiger partial charge in [-0.05, 0) is 28.6 Å². The second kappa shape index (κ2) is 8.31. The summed E-state index contributed by atoms with van der Waals surface area (Å²) >= 11 is 0. The van der Waals surface area contributed by atoms with Gasteiger partial charge in [-0.25, -0.2) is 4.98 Å². The fourth-order valence-electron chi connectivity index (χ4n) is 2.62. The standard InChI is InChI=1S/C19H17F3N6O2/c1-27(2)11-15(17(29)12-5-4-6-13(9-12)19(20,21)22)18-24-25-26-28(18)14-7-8-16(30-3)23-10-14/h4-11H,1-3H3. The molecular formula is C19H17F3N6O2. The molecule has 156 valence electrons. The van der Waals surface area contributed by atoms with Crippen molar-refractivity contribution in [3.05, 3.63) is 65.7 Å². The number of pyridine rings is 1. The number of Topliss-reactive ketones (excluding diaryl/α,β-unsaturated/α-hetero) is 1. The maximum absolute atomic E-state index is 13.1. The Hall–Kier alpha value is -3.76. The highest BCUT2D eigenvalue weighted by atomic mass is 19.4. The van der Waals surface area contributed by atoms with Crippen LogP contribution in [0.2, 0.25) is 0 Å². The largest absolute Gasteiger partial charge is 0.481 e. The van der Waals surface area contributed by atoms with E-state index in [9.17, 15) is 18.0 Å². The second-order valence-electron chi connectivity index (χ2n) is 6.39. The lowest BCUT2D eigenvalue weighted by molar-refractivity contribution is -0.137. The van der Waals surface area contributed by atoms with Crippen molar-refractivity contribution in [3.63, 3.8) is 0 Å². The zero-order chi connectivity index (χ0) is 21.9. The summed E-state index contributed by atoms with van der Waals surface area (Å²) in [6.07, 6.45) is -1.68. The highest BCUT2D eigenvalue weighted by molar-refractivity contribution is 6.28. The molecular weight excluding hydrogens is 401 g/mol. The van der Waals surface area contributed by atoms with Gasteiger partial charge in [0, 0.05) is 31.9 Å². The first-order valence-corrected chi connectivity index (χ1v) is 8.60. The highest BCUT2D eigenvalue weighted by Gasteiger charge is 2.31. The van der Waals surface area contributed by atoms with Gasteiger partial charge in [-0.3, -0.25) is 4.79 Å². The third-order valence-electron chi connectivity index (χ3n) is 3.97. The summed E-state index contributed by atoms with van der Waals surface area (Å²) in [6.45, 7) is 0. The van der Waals surface area contributed by atoms with Gasteiger partial charge < -0.3 is 9.64 Å². The molecule has 0 radical (unpaired) electrons. The highest BCUT2D eigenvalue weighted by Crippen LogP contribution is 2.30. The number of carbonyl (C=O) groups is 1. The molecule has 1 aromatic carbocycles. The molecule has 0 aliphatic carbocycles. The fourth-order valence-corrected chi connectivity index (χ4v) is 2.62. The molecule has 0 saturated carbocycles. The Kier molecular flexibility index (Phi) is 5.81. The third-order valence-corrected chi connectivity index (χ3v) is 3.97. The van der Waals surface area contributed by atoms with Crippen molar-refractivity contribution < 1.29 is 22.7 Å². The molecule has 0 fully saturated rings. The maximum Gasteiger partial charge on any atom is 0.416 e. The number of tetrazole rings is 1. The Bertz CT molecular complexity index is 1070. The van der Waals surface area contributed by atoms with Gasteiger partial charge in [-0.1, -0.05) is 12.1 Å². The molecule has 0 aliphatic rings. The minimum atomic E-state index is -4.57. The van der Waals surface area contributed by atoms with Crippen LogP contribution in [-0.2, 0) is 6.18 Å². The van der Waals surface area contributed by atoms with Crippen LogP contribution < -0.4 is 4.74 Å². The summed E-state index contributed by atoms with van der Waals surface area (Å²) in [5, 5.41) is 11.4. The average Bonchev–Trinajstić information content (AvgIpc) is 3.20. The molecule has 0 N–H and O–H groups in total. The van der Waals surface area contributed by atoms with Gasteiger partial charge in [0.2, 0.25) is 5.88 Å². The molecule has 3 aromatic rings. The van der Waals surface area contributed by atoms with Gasteiger partial charge in [-0.2, -0.15) is 17.9 Å². The van der Waals surface area contributed by atoms with Crippen molar-refractivity contribution >= 4 is 11.4 Å². The van der Waals surface area contributed by atoms with E-state index in [1.54, 1.807) is 31.1 Å². The molecule has 0 saturated heterocycles. The van der Waals surface area contributed by atoms with E-state index >= 15 is 0 Å². The Morgan fingerprint density at radius 2 is 1.97 bits per heavy atom. The van der Waals surface area contributed by atoms with Crippen molar-refractivity contribution in [2.24, 2.45) is 0 Å². The van der Waals surface area contributed by atoms with Gasteiger partial charge in [0.05, 0.1) is 30.1 Å². The van der Waals surface area contributed by atoms with Crippen LogP contribution >= 0.6 is 0 Å². The Morgan fingerprint density at radius 3 is 2.57 bits per heavy atom. The zero-order valence-electron chi connectivity index (χ0n) is 16.3. The predicted octanol–water partition coefficient (Wildman–Crippen LogP) is 2.87. The van der Waals surface area contributed by atoms with Crippen LogP contribution in [0.5, 0.6) is 5.88 Å². The summed E-state index contributed by atoms with van der Waals surface area (Å²) < 4.78 is 45.5. The molecule has 2 aromatic heterocycles. The first-order chi connectivity index (χ1) is 14.2. The molecule has 3 rings (SSSR count). The lowest BCUT2D eigenvalue weighted by Gasteiger charge is -2.13. The van der Waals surface area contributed by atoms with Crippen LogP contribution in [0.15, 0.2) is 48.8 Å². The van der Waals surface area contributed by atoms with E-state index in [0.29, 0.717) is 11.6 Å². The summed E-state index contributed by atoms with van der Waals surface area (Å²) in [6, 6.07) is 7.41. The van der Waals surface area contributed by atoms with Crippen molar-refractivity contribution in [1.82, 2.24) is 30.1 Å². The molecule has 0 unspecified atom stereocenters. The van der Waals surface area contributed by atoms with Gasteiger partial charge in [-0.15, -0.1) is 5.10 Å². The second-order valence-corrected chi connectivity index (χ2v) is 6.39. The molecule has 0 spiro atoms. The van der Waals surface area contributed by atoms with Crippen molar-refractivity contribution in [2.45, 2.75) is 6.18 Å². The number of halogens is 3. The normalized spacial score (nSPS) is 12.0. The van der Waals surface area contributed by atoms with Crippen LogP contribution in [-0.4, -0.2) is 57.1 Å². The molecule has 0 atom stereocenters. The predicted molar refractivity (Wildman–Crippen MR) is 101 cm³/mol. The van der Waals surface area contributed by atoms with E-state index in [1.165, 1.54) is 36.3 Å². The Labute approximate surface area is 169 Å². The van der Waals surface area contributed by atoms with Crippen LogP contribution in [0.25, 0.3) is 11.3 Å². The van der Waals surface area contributed by atoms with Crippen LogP contribution in [0.1, 0.15) is 21.7 Å². The lowest BCUT2D eigenvalue weighted by atomic mass is 10.0. The average molecular weight is 418 g/mol. The number of alkyl halides is 3. The van der Waals surface area contributed by atoms with Crippen molar-refractivity contribution in [3.8, 4) is 11.6 Å². The number of benzene rings is 1. The molecule has 8 nitrogen and oxygen atoms in total. The summed E-state index contributed by atoms with van der Waals surface area (Å²) in [5.41, 5.74) is -0.603.